The van der Waals surface area contributed by atoms with Crippen molar-refractivity contribution < 1.29 is 4.79 Å². The third kappa shape index (κ3) is 3.58. The molecule has 2 heterocycles. The standard InChI is InChI=1S/C14H25N5O/c1-11(15)13(20)17-12-8-19(10-16-12)14(2,3)9-18-6-4-5-7-18/h8,10-11H,4-7,9,15H2,1-3H3,(H,17,20). The molecule has 20 heavy (non-hydrogen) atoms. The highest BCUT2D eigenvalue weighted by Crippen LogP contribution is 2.21. The Hall–Kier alpha value is -1.40. The molecule has 0 saturated carbocycles. The van der Waals surface area contributed by atoms with Gasteiger partial charge in [-0.3, -0.25) is 4.79 Å². The second-order valence-electron chi connectivity index (χ2n) is 6.24. The van der Waals surface area contributed by atoms with Crippen LogP contribution < -0.4 is 11.1 Å². The van der Waals surface area contributed by atoms with Crippen LogP contribution in [0.4, 0.5) is 5.82 Å². The summed E-state index contributed by atoms with van der Waals surface area (Å²) < 4.78 is 2.06. The molecule has 1 saturated heterocycles. The van der Waals surface area contributed by atoms with Crippen molar-refractivity contribution in [1.29, 1.82) is 0 Å². The van der Waals surface area contributed by atoms with Crippen LogP contribution in [0, 0.1) is 0 Å². The van der Waals surface area contributed by atoms with Crippen molar-refractivity contribution in [3.63, 3.8) is 0 Å². The van der Waals surface area contributed by atoms with E-state index in [1.54, 1.807) is 13.3 Å². The molecule has 1 amide bonds. The van der Waals surface area contributed by atoms with Gasteiger partial charge in [-0.25, -0.2) is 4.98 Å². The maximum atomic E-state index is 11.6. The minimum absolute atomic E-state index is 0.0470. The van der Waals surface area contributed by atoms with Gasteiger partial charge in [0.05, 0.1) is 17.9 Å². The minimum Gasteiger partial charge on any atom is -0.328 e. The number of rotatable bonds is 5. The van der Waals surface area contributed by atoms with Crippen molar-refractivity contribution in [3.8, 4) is 0 Å². The zero-order valence-electron chi connectivity index (χ0n) is 12.6. The molecule has 2 rings (SSSR count). The summed E-state index contributed by atoms with van der Waals surface area (Å²) in [6.07, 6.45) is 6.22. The Balaban J connectivity index is 2.01. The van der Waals surface area contributed by atoms with Gasteiger partial charge in [0, 0.05) is 12.7 Å². The van der Waals surface area contributed by atoms with Crippen LogP contribution in [0.15, 0.2) is 12.5 Å². The van der Waals surface area contributed by atoms with Crippen LogP contribution in [-0.2, 0) is 10.3 Å². The fraction of sp³-hybridized carbons (Fsp3) is 0.714. The quantitative estimate of drug-likeness (QED) is 0.843. The van der Waals surface area contributed by atoms with Gasteiger partial charge in [0.25, 0.3) is 0 Å². The molecule has 1 atom stereocenters. The molecule has 1 unspecified atom stereocenters. The summed E-state index contributed by atoms with van der Waals surface area (Å²) in [4.78, 5) is 18.3. The first-order valence-corrected chi connectivity index (χ1v) is 7.22. The summed E-state index contributed by atoms with van der Waals surface area (Å²) in [6, 6.07) is -0.530. The van der Waals surface area contributed by atoms with Crippen molar-refractivity contribution >= 4 is 11.7 Å². The number of imidazole rings is 1. The number of hydrogen-bond donors (Lipinski definition) is 2. The van der Waals surface area contributed by atoms with E-state index < -0.39 is 6.04 Å². The van der Waals surface area contributed by atoms with Crippen molar-refractivity contribution in [2.24, 2.45) is 5.73 Å². The fourth-order valence-corrected chi connectivity index (χ4v) is 2.53. The highest BCUT2D eigenvalue weighted by atomic mass is 16.2. The summed E-state index contributed by atoms with van der Waals surface area (Å²) in [5.74, 6) is 0.342. The molecule has 0 spiro atoms. The molecule has 6 heteroatoms. The first kappa shape index (κ1) is 15.0. The maximum Gasteiger partial charge on any atom is 0.242 e. The number of carbonyl (C=O) groups excluding carboxylic acids is 1. The molecule has 1 aliphatic heterocycles. The SMILES string of the molecule is CC(N)C(=O)Nc1cn(C(C)(C)CN2CCCC2)cn1. The number of nitrogens with two attached hydrogens (primary N) is 1. The van der Waals surface area contributed by atoms with E-state index in [1.165, 1.54) is 25.9 Å². The van der Waals surface area contributed by atoms with E-state index >= 15 is 0 Å². The predicted octanol–water partition coefficient (Wildman–Crippen LogP) is 1.000. The van der Waals surface area contributed by atoms with Crippen molar-refractivity contribution in [2.75, 3.05) is 25.0 Å². The van der Waals surface area contributed by atoms with Gasteiger partial charge in [-0.1, -0.05) is 0 Å². The molecule has 1 aromatic heterocycles. The summed E-state index contributed by atoms with van der Waals surface area (Å²) >= 11 is 0. The Bertz CT molecular complexity index is 460. The molecule has 0 radical (unpaired) electrons. The van der Waals surface area contributed by atoms with E-state index in [9.17, 15) is 4.79 Å². The summed E-state index contributed by atoms with van der Waals surface area (Å²) in [6.45, 7) is 9.36. The lowest BCUT2D eigenvalue weighted by Crippen LogP contribution is -2.39. The van der Waals surface area contributed by atoms with Gasteiger partial charge < -0.3 is 20.5 Å². The van der Waals surface area contributed by atoms with Crippen LogP contribution in [0.5, 0.6) is 0 Å². The number of anilines is 1. The molecule has 112 valence electrons. The lowest BCUT2D eigenvalue weighted by molar-refractivity contribution is -0.117. The average molecular weight is 279 g/mol. The minimum atomic E-state index is -0.530. The second-order valence-corrected chi connectivity index (χ2v) is 6.24. The predicted molar refractivity (Wildman–Crippen MR) is 79.5 cm³/mol. The lowest BCUT2D eigenvalue weighted by atomic mass is 10.1. The normalized spacial score (nSPS) is 18.2. The fourth-order valence-electron chi connectivity index (χ4n) is 2.53. The largest absolute Gasteiger partial charge is 0.328 e. The van der Waals surface area contributed by atoms with E-state index in [2.05, 4.69) is 33.6 Å². The Morgan fingerprint density at radius 3 is 2.75 bits per heavy atom. The van der Waals surface area contributed by atoms with Crippen LogP contribution >= 0.6 is 0 Å². The topological polar surface area (TPSA) is 76.2 Å². The molecule has 0 aliphatic carbocycles. The van der Waals surface area contributed by atoms with E-state index in [0.717, 1.165) is 6.54 Å². The summed E-state index contributed by atoms with van der Waals surface area (Å²) in [5, 5.41) is 2.72. The molecule has 6 nitrogen and oxygen atoms in total. The number of likely N-dealkylation sites (tertiary alicyclic amines) is 1. The molecule has 0 aromatic carbocycles. The lowest BCUT2D eigenvalue weighted by Gasteiger charge is -2.31. The van der Waals surface area contributed by atoms with Gasteiger partial charge >= 0.3 is 0 Å². The van der Waals surface area contributed by atoms with E-state index in [0.29, 0.717) is 5.82 Å². The zero-order chi connectivity index (χ0) is 14.8. The number of aromatic nitrogens is 2. The van der Waals surface area contributed by atoms with Gasteiger partial charge in [0.15, 0.2) is 5.82 Å². The smallest absolute Gasteiger partial charge is 0.242 e. The van der Waals surface area contributed by atoms with Crippen molar-refractivity contribution in [2.45, 2.75) is 45.2 Å². The Labute approximate surface area is 120 Å². The van der Waals surface area contributed by atoms with Crippen LogP contribution in [0.3, 0.4) is 0 Å². The Morgan fingerprint density at radius 1 is 1.50 bits per heavy atom. The Morgan fingerprint density at radius 2 is 2.15 bits per heavy atom. The maximum absolute atomic E-state index is 11.6. The van der Waals surface area contributed by atoms with E-state index in [4.69, 9.17) is 5.73 Å². The number of hydrogen-bond acceptors (Lipinski definition) is 4. The molecule has 1 aliphatic rings. The molecule has 1 aromatic rings. The molecule has 3 N–H and O–H groups in total. The van der Waals surface area contributed by atoms with E-state index in [-0.39, 0.29) is 11.4 Å². The van der Waals surface area contributed by atoms with Gasteiger partial charge in [0.2, 0.25) is 5.91 Å². The monoisotopic (exact) mass is 279 g/mol. The van der Waals surface area contributed by atoms with Crippen LogP contribution in [-0.4, -0.2) is 46.0 Å². The first-order valence-electron chi connectivity index (χ1n) is 7.22. The van der Waals surface area contributed by atoms with Crippen molar-refractivity contribution in [1.82, 2.24) is 14.5 Å². The van der Waals surface area contributed by atoms with E-state index in [1.807, 2.05) is 6.20 Å². The van der Waals surface area contributed by atoms with Crippen LogP contribution in [0.1, 0.15) is 33.6 Å². The summed E-state index contributed by atoms with van der Waals surface area (Å²) in [5.41, 5.74) is 5.48. The third-order valence-electron chi connectivity index (χ3n) is 3.76. The molecular weight excluding hydrogens is 254 g/mol. The number of nitrogens with one attached hydrogen (secondary N) is 1. The number of carbonyl (C=O) groups is 1. The van der Waals surface area contributed by atoms with Gasteiger partial charge in [-0.15, -0.1) is 0 Å². The van der Waals surface area contributed by atoms with Crippen LogP contribution in [0.2, 0.25) is 0 Å². The van der Waals surface area contributed by atoms with Crippen molar-refractivity contribution in [3.05, 3.63) is 12.5 Å². The highest BCUT2D eigenvalue weighted by molar-refractivity contribution is 5.93. The zero-order valence-corrected chi connectivity index (χ0v) is 12.6. The van der Waals surface area contributed by atoms with Crippen LogP contribution in [0.25, 0.3) is 0 Å². The second kappa shape index (κ2) is 5.93. The molecule has 0 bridgehead atoms. The summed E-state index contributed by atoms with van der Waals surface area (Å²) in [7, 11) is 0. The third-order valence-corrected chi connectivity index (χ3v) is 3.76. The van der Waals surface area contributed by atoms with Gasteiger partial charge in [0.1, 0.15) is 0 Å². The number of amides is 1. The molecular formula is C14H25N5O. The Kier molecular flexibility index (Phi) is 4.45. The molecule has 1 fully saturated rings. The first-order chi connectivity index (χ1) is 9.38. The van der Waals surface area contributed by atoms with Gasteiger partial charge in [-0.05, 0) is 46.7 Å². The number of nitrogens with zero attached hydrogens (tertiary/aromatic N) is 3. The average Bonchev–Trinajstić information content (AvgIpc) is 2.99. The highest BCUT2D eigenvalue weighted by Gasteiger charge is 2.25. The van der Waals surface area contributed by atoms with Gasteiger partial charge in [-0.2, -0.15) is 0 Å².